The van der Waals surface area contributed by atoms with Gasteiger partial charge in [0.25, 0.3) is 0 Å². The van der Waals surface area contributed by atoms with Gasteiger partial charge in [0, 0.05) is 13.3 Å². The smallest absolute Gasteiger partial charge is 0.508 e. The largest absolute Gasteiger partial charge is 0.870 e. The number of ether oxygens (including phenoxy) is 3. The minimum Gasteiger partial charge on any atom is -0.870 e. The van der Waals surface area contributed by atoms with Crippen LogP contribution in [-0.2, 0) is 32.6 Å². The Morgan fingerprint density at radius 1 is 1.00 bits per heavy atom. The predicted molar refractivity (Wildman–Crippen MR) is 191 cm³/mol. The van der Waals surface area contributed by atoms with Gasteiger partial charge in [-0.05, 0) is 91.3 Å². The van der Waals surface area contributed by atoms with Gasteiger partial charge in [-0.25, -0.2) is 9.36 Å². The molecule has 0 heterocycles. The number of hydrogen-bond donors (Lipinski definition) is 1. The third kappa shape index (κ3) is 11.0. The number of esters is 1. The topological polar surface area (TPSA) is 148 Å². The molecule has 11 nitrogen and oxygen atoms in total. The molecule has 2 unspecified atom stereocenters. The molecule has 290 valence electrons. The van der Waals surface area contributed by atoms with Gasteiger partial charge in [-0.3, -0.25) is 13.8 Å². The van der Waals surface area contributed by atoms with E-state index in [1.807, 2.05) is 21.1 Å². The van der Waals surface area contributed by atoms with Gasteiger partial charge in [-0.1, -0.05) is 65.5 Å². The van der Waals surface area contributed by atoms with Crippen LogP contribution in [0.1, 0.15) is 112 Å². The lowest BCUT2D eigenvalue weighted by Crippen LogP contribution is -2.51. The lowest BCUT2D eigenvalue weighted by Gasteiger charge is -2.58. The first kappa shape index (κ1) is 42.9. The van der Waals surface area contributed by atoms with E-state index in [1.165, 1.54) is 57.4 Å². The van der Waals surface area contributed by atoms with E-state index >= 15 is 0 Å². The van der Waals surface area contributed by atoms with Crippen molar-refractivity contribution in [3.63, 3.8) is 0 Å². The molecule has 0 aliphatic heterocycles. The van der Waals surface area contributed by atoms with E-state index in [9.17, 15) is 19.0 Å². The van der Waals surface area contributed by atoms with Crippen LogP contribution in [0.3, 0.4) is 0 Å². The van der Waals surface area contributed by atoms with Crippen LogP contribution in [0.4, 0.5) is 4.79 Å². The molecule has 0 amide bonds. The first-order valence-corrected chi connectivity index (χ1v) is 20.4. The van der Waals surface area contributed by atoms with E-state index in [4.69, 9.17) is 23.3 Å². The van der Waals surface area contributed by atoms with Crippen molar-refractivity contribution >= 4 is 19.9 Å². The molecule has 0 aromatic rings. The Labute approximate surface area is 301 Å². The highest BCUT2D eigenvalue weighted by atomic mass is 31.2. The average molecular weight is 730 g/mol. The lowest BCUT2D eigenvalue weighted by atomic mass is 9.47. The first-order chi connectivity index (χ1) is 22.8. The highest BCUT2D eigenvalue weighted by Crippen LogP contribution is 2.67. The monoisotopic (exact) mass is 729 g/mol. The zero-order valence-electron chi connectivity index (χ0n) is 32.4. The summed E-state index contributed by atoms with van der Waals surface area (Å²) < 4.78 is 39.2. The van der Waals surface area contributed by atoms with Crippen molar-refractivity contribution in [3.05, 3.63) is 11.6 Å². The number of rotatable bonds is 16. The van der Waals surface area contributed by atoms with Crippen LogP contribution in [-0.4, -0.2) is 86.7 Å². The third-order valence-corrected chi connectivity index (χ3v) is 13.7. The number of carbonyl (C=O) groups excluding carboxylic acids is 2. The van der Waals surface area contributed by atoms with Crippen LogP contribution in [0.2, 0.25) is 0 Å². The van der Waals surface area contributed by atoms with E-state index < -0.39 is 32.7 Å². The van der Waals surface area contributed by atoms with Gasteiger partial charge < -0.3 is 29.1 Å². The second-order valence-electron chi connectivity index (χ2n) is 17.7. The Kier molecular flexibility index (Phi) is 15.1. The molecular formula is C38H68NO10P. The first-order valence-electron chi connectivity index (χ1n) is 19.0. The summed E-state index contributed by atoms with van der Waals surface area (Å²) >= 11 is 0. The Balaban J connectivity index is 0.00000676. The molecule has 50 heavy (non-hydrogen) atoms. The summed E-state index contributed by atoms with van der Waals surface area (Å²) in [6.07, 6.45) is 13.3. The number of likely N-dealkylation sites (N-methyl/N-ethyl adjacent to an activating group) is 1. The molecule has 2 N–H and O–H groups in total. The Morgan fingerprint density at radius 2 is 1.72 bits per heavy atom. The predicted octanol–water partition coefficient (Wildman–Crippen LogP) is 8.14. The number of fused-ring (bicyclic) bond motifs is 5. The molecule has 0 aromatic carbocycles. The molecule has 0 saturated heterocycles. The molecule has 0 radical (unpaired) electrons. The van der Waals surface area contributed by atoms with Crippen LogP contribution in [0, 0.1) is 46.3 Å². The SMILES string of the molecule is CC(=O)OC(COC(=O)O[C@H]1CC[C@@]2(C)C(=CC[C@H]3[C@@H]4CC[C@H]([C@H](C)CCCC(C)C)[C@@]4(C)CC[C@@H]32)C1)COP(=O)(O)OCC[N+](C)(C)C.[OH-]. The van der Waals surface area contributed by atoms with Crippen molar-refractivity contribution in [2.24, 2.45) is 46.3 Å². The highest BCUT2D eigenvalue weighted by Gasteiger charge is 2.59. The molecule has 3 fully saturated rings. The number of phosphoric acid groups is 1. The van der Waals surface area contributed by atoms with Gasteiger partial charge in [0.15, 0.2) is 6.10 Å². The van der Waals surface area contributed by atoms with Crippen LogP contribution in [0.15, 0.2) is 11.6 Å². The lowest BCUT2D eigenvalue weighted by molar-refractivity contribution is -0.870. The number of hydrogen-bond acceptors (Lipinski definition) is 9. The van der Waals surface area contributed by atoms with Crippen molar-refractivity contribution in [1.82, 2.24) is 0 Å². The number of nitrogens with zero attached hydrogens (tertiary/aromatic N) is 1. The number of quaternary nitrogens is 1. The van der Waals surface area contributed by atoms with Crippen molar-refractivity contribution in [3.8, 4) is 0 Å². The maximum absolute atomic E-state index is 12.8. The van der Waals surface area contributed by atoms with E-state index in [0.717, 1.165) is 48.9 Å². The molecular weight excluding hydrogens is 661 g/mol. The van der Waals surface area contributed by atoms with E-state index in [1.54, 1.807) is 0 Å². The summed E-state index contributed by atoms with van der Waals surface area (Å²) in [5, 5.41) is 0. The zero-order chi connectivity index (χ0) is 36.2. The minimum absolute atomic E-state index is 0. The molecule has 4 rings (SSSR count). The molecule has 3 saturated carbocycles. The second-order valence-corrected chi connectivity index (χ2v) is 19.1. The van der Waals surface area contributed by atoms with E-state index in [-0.39, 0.29) is 30.2 Å². The summed E-state index contributed by atoms with van der Waals surface area (Å²) in [6.45, 7) is 13.2. The molecule has 4 aliphatic carbocycles. The quantitative estimate of drug-likeness (QED) is 0.0714. The zero-order valence-corrected chi connectivity index (χ0v) is 33.3. The molecule has 12 heteroatoms. The second kappa shape index (κ2) is 17.6. The fourth-order valence-corrected chi connectivity index (χ4v) is 10.8. The van der Waals surface area contributed by atoms with Gasteiger partial charge in [-0.2, -0.15) is 0 Å². The third-order valence-electron chi connectivity index (χ3n) is 12.7. The van der Waals surface area contributed by atoms with Gasteiger partial charge in [0.05, 0.1) is 27.7 Å². The summed E-state index contributed by atoms with van der Waals surface area (Å²) in [5.41, 5.74) is 2.01. The molecule has 0 spiro atoms. The maximum Gasteiger partial charge on any atom is 0.508 e. The van der Waals surface area contributed by atoms with Crippen LogP contribution < -0.4 is 0 Å². The summed E-state index contributed by atoms with van der Waals surface area (Å²) in [5.74, 6) is 4.00. The van der Waals surface area contributed by atoms with Gasteiger partial charge in [0.2, 0.25) is 0 Å². The normalized spacial score (nSPS) is 33.0. The van der Waals surface area contributed by atoms with Crippen molar-refractivity contribution < 1.29 is 52.3 Å². The fourth-order valence-electron chi connectivity index (χ4n) is 10.1. The molecule has 0 bridgehead atoms. The van der Waals surface area contributed by atoms with Gasteiger partial charge in [-0.15, -0.1) is 0 Å². The number of carbonyl (C=O) groups is 2. The van der Waals surface area contributed by atoms with E-state index in [2.05, 4.69) is 40.7 Å². The summed E-state index contributed by atoms with van der Waals surface area (Å²) in [6, 6.07) is 0. The van der Waals surface area contributed by atoms with Crippen molar-refractivity contribution in [2.75, 3.05) is 47.5 Å². The Bertz CT molecular complexity index is 1220. The Morgan fingerprint density at radius 3 is 2.38 bits per heavy atom. The Hall–Kier alpha value is -1.49. The van der Waals surface area contributed by atoms with Gasteiger partial charge in [0.1, 0.15) is 25.9 Å². The van der Waals surface area contributed by atoms with Gasteiger partial charge >= 0.3 is 19.9 Å². The highest BCUT2D eigenvalue weighted by molar-refractivity contribution is 7.47. The summed E-state index contributed by atoms with van der Waals surface area (Å²) in [7, 11) is 1.40. The van der Waals surface area contributed by atoms with Crippen LogP contribution >= 0.6 is 7.82 Å². The van der Waals surface area contributed by atoms with Crippen molar-refractivity contribution in [2.45, 2.75) is 124 Å². The van der Waals surface area contributed by atoms with E-state index in [0.29, 0.717) is 28.8 Å². The average Bonchev–Trinajstić information content (AvgIpc) is 3.35. The molecule has 10 atom stereocenters. The standard InChI is InChI=1S/C38H66NO9P.H2O/c1-26(2)11-10-12-27(3)33-15-16-34-32-14-13-29-23-30(17-19-37(29,5)35(32)18-20-38(33,34)6)48-36(41)44-24-31(47-28(4)40)25-46-49(42,43)45-22-21-39(7,8)9;/h13,26-27,30-35H,10-12,14-25H2,1-9H3;1H2/t27-,30+,31?,32+,33-,34+,35+,37+,38-;/m1./s1. The summed E-state index contributed by atoms with van der Waals surface area (Å²) in [4.78, 5) is 34.5. The van der Waals surface area contributed by atoms with Crippen LogP contribution in [0.5, 0.6) is 0 Å². The molecule has 0 aromatic heterocycles. The fraction of sp³-hybridized carbons (Fsp3) is 0.895. The number of allylic oxidation sites excluding steroid dienone is 1. The van der Waals surface area contributed by atoms with Crippen LogP contribution in [0.25, 0.3) is 0 Å². The molecule has 4 aliphatic rings. The van der Waals surface area contributed by atoms with Crippen molar-refractivity contribution in [1.29, 1.82) is 0 Å². The minimum atomic E-state index is -4.39. The number of phosphoric ester groups is 1. The maximum atomic E-state index is 12.8.